The van der Waals surface area contributed by atoms with E-state index < -0.39 is 0 Å². The topological polar surface area (TPSA) is 24.1 Å². The average Bonchev–Trinajstić information content (AvgIpc) is 2.55. The molecule has 1 unspecified atom stereocenters. The van der Waals surface area contributed by atoms with Crippen LogP contribution in [-0.4, -0.2) is 0 Å². The molecular formula is C9H11N2S. The summed E-state index contributed by atoms with van der Waals surface area (Å²) in [6, 6.07) is 10.4. The molecule has 0 spiro atoms. The van der Waals surface area contributed by atoms with E-state index in [1.807, 2.05) is 11.9 Å². The quantitative estimate of drug-likeness (QED) is 0.687. The van der Waals surface area contributed by atoms with E-state index in [1.165, 1.54) is 5.56 Å². The fourth-order valence-electron chi connectivity index (χ4n) is 1.24. The summed E-state index contributed by atoms with van der Waals surface area (Å²) in [5.74, 6) is 1.97. The van der Waals surface area contributed by atoms with E-state index in [0.717, 1.165) is 0 Å². The van der Waals surface area contributed by atoms with Crippen LogP contribution in [0.2, 0.25) is 0 Å². The number of hydrogen-bond acceptors (Lipinski definition) is 3. The highest BCUT2D eigenvalue weighted by atomic mass is 32.2. The Morgan fingerprint density at radius 2 is 2.00 bits per heavy atom. The third-order valence-electron chi connectivity index (χ3n) is 1.99. The summed E-state index contributed by atoms with van der Waals surface area (Å²) in [4.78, 5) is -0.0126. The normalized spacial score (nSPS) is 29.1. The second kappa shape index (κ2) is 3.09. The number of hydrazine groups is 1. The van der Waals surface area contributed by atoms with E-state index in [4.69, 9.17) is 0 Å². The predicted molar refractivity (Wildman–Crippen MR) is 52.0 cm³/mol. The van der Waals surface area contributed by atoms with Crippen LogP contribution in [0.15, 0.2) is 30.3 Å². The van der Waals surface area contributed by atoms with Crippen molar-refractivity contribution in [3.8, 4) is 0 Å². The molecule has 1 radical (unpaired) electrons. The Kier molecular flexibility index (Phi) is 2.09. The van der Waals surface area contributed by atoms with Gasteiger partial charge in [0.1, 0.15) is 4.87 Å². The van der Waals surface area contributed by atoms with E-state index in [-0.39, 0.29) is 4.87 Å². The van der Waals surface area contributed by atoms with Crippen LogP contribution in [0.25, 0.3) is 0 Å². The van der Waals surface area contributed by atoms with E-state index in [1.54, 1.807) is 11.8 Å². The molecule has 0 amide bonds. The van der Waals surface area contributed by atoms with Crippen LogP contribution in [0.5, 0.6) is 0 Å². The maximum Gasteiger partial charge on any atom is 0.101 e. The lowest BCUT2D eigenvalue weighted by Crippen LogP contribution is -2.36. The first kappa shape index (κ1) is 8.10. The molecule has 0 aliphatic carbocycles. The number of hydrogen-bond donors (Lipinski definition) is 2. The lowest BCUT2D eigenvalue weighted by Gasteiger charge is -2.22. The summed E-state index contributed by atoms with van der Waals surface area (Å²) in [5, 5.41) is 0. The van der Waals surface area contributed by atoms with Crippen LogP contribution in [0.1, 0.15) is 12.5 Å². The molecule has 1 saturated heterocycles. The van der Waals surface area contributed by atoms with Crippen LogP contribution in [0.3, 0.4) is 0 Å². The maximum absolute atomic E-state index is 3.21. The first-order chi connectivity index (χ1) is 5.81. The molecule has 0 saturated carbocycles. The molecule has 2 rings (SSSR count). The summed E-state index contributed by atoms with van der Waals surface area (Å²) >= 11 is 1.75. The summed E-state index contributed by atoms with van der Waals surface area (Å²) in [6.45, 7) is 2.16. The van der Waals surface area contributed by atoms with E-state index >= 15 is 0 Å². The highest BCUT2D eigenvalue weighted by molar-refractivity contribution is 8.02. The number of benzene rings is 1. The molecule has 1 aromatic carbocycles. The maximum atomic E-state index is 3.21. The number of thioether (sulfide) groups is 1. The molecule has 2 nitrogen and oxygen atoms in total. The lowest BCUT2D eigenvalue weighted by molar-refractivity contribution is 0.501. The summed E-state index contributed by atoms with van der Waals surface area (Å²) in [6.07, 6.45) is 0. The van der Waals surface area contributed by atoms with E-state index in [9.17, 15) is 0 Å². The van der Waals surface area contributed by atoms with Crippen molar-refractivity contribution in [1.29, 1.82) is 0 Å². The average molecular weight is 179 g/mol. The molecule has 0 aromatic heterocycles. The molecule has 1 aliphatic rings. The van der Waals surface area contributed by atoms with Crippen molar-refractivity contribution in [3.05, 3.63) is 41.8 Å². The summed E-state index contributed by atoms with van der Waals surface area (Å²) in [5.41, 5.74) is 7.49. The number of nitrogens with one attached hydrogen (secondary N) is 2. The Morgan fingerprint density at radius 1 is 1.25 bits per heavy atom. The zero-order valence-corrected chi connectivity index (χ0v) is 7.69. The molecule has 2 N–H and O–H groups in total. The van der Waals surface area contributed by atoms with Crippen molar-refractivity contribution in [1.82, 2.24) is 10.9 Å². The van der Waals surface area contributed by atoms with Gasteiger partial charge in [0.25, 0.3) is 0 Å². The van der Waals surface area contributed by atoms with Gasteiger partial charge in [0.15, 0.2) is 0 Å². The second-order valence-corrected chi connectivity index (χ2v) is 4.19. The van der Waals surface area contributed by atoms with Crippen molar-refractivity contribution >= 4 is 11.8 Å². The fraction of sp³-hybridized carbons (Fsp3) is 0.222. The minimum absolute atomic E-state index is 0.0126. The molecule has 63 valence electrons. The van der Waals surface area contributed by atoms with Gasteiger partial charge in [-0.05, 0) is 12.5 Å². The van der Waals surface area contributed by atoms with Gasteiger partial charge in [-0.3, -0.25) is 0 Å². The Hall–Kier alpha value is -0.510. The SMILES string of the molecule is CC1(c2ccccc2)NN[CH]S1. The molecule has 1 fully saturated rings. The first-order valence-electron chi connectivity index (χ1n) is 3.89. The molecule has 0 bridgehead atoms. The summed E-state index contributed by atoms with van der Waals surface area (Å²) < 4.78 is 0. The van der Waals surface area contributed by atoms with Gasteiger partial charge >= 0.3 is 0 Å². The zero-order valence-electron chi connectivity index (χ0n) is 6.87. The molecule has 1 aliphatic heterocycles. The zero-order chi connectivity index (χ0) is 8.44. The smallest absolute Gasteiger partial charge is 0.101 e. The third-order valence-corrected chi connectivity index (χ3v) is 3.03. The van der Waals surface area contributed by atoms with Crippen LogP contribution in [0.4, 0.5) is 0 Å². The van der Waals surface area contributed by atoms with Gasteiger partial charge in [-0.1, -0.05) is 30.3 Å². The fourth-order valence-corrected chi connectivity index (χ4v) is 1.98. The van der Waals surface area contributed by atoms with E-state index in [2.05, 4.69) is 42.0 Å². The third kappa shape index (κ3) is 1.35. The van der Waals surface area contributed by atoms with Crippen LogP contribution in [-0.2, 0) is 4.87 Å². The first-order valence-corrected chi connectivity index (χ1v) is 4.77. The molecule has 1 heterocycles. The Labute approximate surface area is 76.7 Å². The molecule has 3 heteroatoms. The van der Waals surface area contributed by atoms with Crippen LogP contribution < -0.4 is 10.9 Å². The highest BCUT2D eigenvalue weighted by Gasteiger charge is 2.30. The van der Waals surface area contributed by atoms with Gasteiger partial charge in [0, 0.05) is 0 Å². The predicted octanol–water partition coefficient (Wildman–Crippen LogP) is 1.82. The van der Waals surface area contributed by atoms with Crippen LogP contribution in [0, 0.1) is 5.88 Å². The van der Waals surface area contributed by atoms with Gasteiger partial charge in [0.05, 0.1) is 5.88 Å². The minimum atomic E-state index is -0.0126. The van der Waals surface area contributed by atoms with Crippen molar-refractivity contribution in [2.24, 2.45) is 0 Å². The monoisotopic (exact) mass is 179 g/mol. The Balaban J connectivity index is 2.29. The van der Waals surface area contributed by atoms with Gasteiger partial charge < -0.3 is 0 Å². The van der Waals surface area contributed by atoms with Crippen molar-refractivity contribution in [2.45, 2.75) is 11.8 Å². The van der Waals surface area contributed by atoms with Gasteiger partial charge in [0.2, 0.25) is 0 Å². The molecule has 1 aromatic rings. The molecule has 12 heavy (non-hydrogen) atoms. The van der Waals surface area contributed by atoms with E-state index in [0.29, 0.717) is 0 Å². The second-order valence-electron chi connectivity index (χ2n) is 2.90. The van der Waals surface area contributed by atoms with Gasteiger partial charge in [-0.15, -0.1) is 11.8 Å². The standard InChI is InChI=1S/C9H11N2S/c1-9(11-10-7-12-9)8-5-3-2-4-6-8/h2-7,10-11H,1H3. The lowest BCUT2D eigenvalue weighted by atomic mass is 10.1. The van der Waals surface area contributed by atoms with Crippen molar-refractivity contribution < 1.29 is 0 Å². The molecule has 1 atom stereocenters. The number of rotatable bonds is 1. The van der Waals surface area contributed by atoms with Crippen molar-refractivity contribution in [2.75, 3.05) is 0 Å². The van der Waals surface area contributed by atoms with Crippen molar-refractivity contribution in [3.63, 3.8) is 0 Å². The largest absolute Gasteiger partial charge is 0.241 e. The Morgan fingerprint density at radius 3 is 2.58 bits per heavy atom. The minimum Gasteiger partial charge on any atom is -0.241 e. The highest BCUT2D eigenvalue weighted by Crippen LogP contribution is 2.36. The molecular weight excluding hydrogens is 168 g/mol. The van der Waals surface area contributed by atoms with Gasteiger partial charge in [-0.2, -0.15) is 0 Å². The Bertz CT molecular complexity index is 254. The van der Waals surface area contributed by atoms with Gasteiger partial charge in [-0.25, -0.2) is 10.9 Å². The summed E-state index contributed by atoms with van der Waals surface area (Å²) in [7, 11) is 0. The van der Waals surface area contributed by atoms with Crippen LogP contribution >= 0.6 is 11.8 Å².